The van der Waals surface area contributed by atoms with E-state index in [2.05, 4.69) is 5.32 Å². The van der Waals surface area contributed by atoms with Crippen molar-refractivity contribution in [3.63, 3.8) is 0 Å². The fourth-order valence-electron chi connectivity index (χ4n) is 4.47. The van der Waals surface area contributed by atoms with Gasteiger partial charge in [0.05, 0.1) is 26.9 Å². The molecule has 0 unspecified atom stereocenters. The highest BCUT2D eigenvalue weighted by Crippen LogP contribution is 2.58. The Bertz CT molecular complexity index is 1040. The van der Waals surface area contributed by atoms with Crippen molar-refractivity contribution in [2.24, 2.45) is 0 Å². The Morgan fingerprint density at radius 1 is 1.06 bits per heavy atom. The van der Waals surface area contributed by atoms with E-state index in [4.69, 9.17) is 14.2 Å². The van der Waals surface area contributed by atoms with E-state index in [-0.39, 0.29) is 17.2 Å². The molecule has 2 aromatic rings. The molecule has 0 saturated carbocycles. The molecule has 4 rings (SSSR count). The van der Waals surface area contributed by atoms with Gasteiger partial charge in [-0.25, -0.2) is 0 Å². The number of carbonyl (C=O) groups is 2. The lowest BCUT2D eigenvalue weighted by Crippen LogP contribution is -2.52. The van der Waals surface area contributed by atoms with Gasteiger partial charge in [-0.15, -0.1) is 11.8 Å². The molecule has 32 heavy (non-hydrogen) atoms. The summed E-state index contributed by atoms with van der Waals surface area (Å²) in [5.41, 5.74) is 2.45. The highest BCUT2D eigenvalue weighted by atomic mass is 32.2. The molecule has 8 heteroatoms. The molecule has 0 bridgehead atoms. The van der Waals surface area contributed by atoms with E-state index in [1.54, 1.807) is 30.9 Å². The van der Waals surface area contributed by atoms with Gasteiger partial charge in [0.1, 0.15) is 17.2 Å². The molecule has 0 radical (unpaired) electrons. The van der Waals surface area contributed by atoms with E-state index in [0.29, 0.717) is 30.0 Å². The van der Waals surface area contributed by atoms with Crippen molar-refractivity contribution in [3.8, 4) is 17.2 Å². The van der Waals surface area contributed by atoms with Gasteiger partial charge in [-0.1, -0.05) is 18.2 Å². The quantitative estimate of drug-likeness (QED) is 0.688. The number of fused-ring (bicyclic) bond motifs is 3. The van der Waals surface area contributed by atoms with Crippen LogP contribution in [0.5, 0.6) is 17.2 Å². The first-order valence-electron chi connectivity index (χ1n) is 10.5. The minimum atomic E-state index is -0.594. The van der Waals surface area contributed by atoms with Crippen LogP contribution < -0.4 is 19.5 Å². The first kappa shape index (κ1) is 22.3. The molecule has 2 aromatic carbocycles. The van der Waals surface area contributed by atoms with E-state index < -0.39 is 10.8 Å². The summed E-state index contributed by atoms with van der Waals surface area (Å²) < 4.78 is 15.6. The molecule has 1 fully saturated rings. The molecular formula is C24H28N2O5S. The second-order valence-corrected chi connectivity index (χ2v) is 10.1. The Kier molecular flexibility index (Phi) is 5.99. The predicted octanol–water partition coefficient (Wildman–Crippen LogP) is 3.42. The topological polar surface area (TPSA) is 77.1 Å². The van der Waals surface area contributed by atoms with Gasteiger partial charge >= 0.3 is 0 Å². The molecule has 2 heterocycles. The predicted molar refractivity (Wildman–Crippen MR) is 124 cm³/mol. The summed E-state index contributed by atoms with van der Waals surface area (Å²) in [6.07, 6.45) is 0.693. The standard InChI is InChI=1S/C24H28N2O5S/c1-24(2)20(21(27)25-13-12-14-6-8-15(29-3)9-7-14)26-22(28)18-16(23(26)32-24)10-11-17(30-4)19(18)31-5/h6-11,20,23H,12-13H2,1-5H3,(H,25,27)/t20-,23+/m1/s1. The monoisotopic (exact) mass is 456 g/mol. The molecule has 2 amide bonds. The Hall–Kier alpha value is -2.87. The Balaban J connectivity index is 1.52. The van der Waals surface area contributed by atoms with Gasteiger partial charge in [0.2, 0.25) is 5.91 Å². The molecule has 0 aromatic heterocycles. The zero-order chi connectivity index (χ0) is 23.0. The van der Waals surface area contributed by atoms with Crippen molar-refractivity contribution in [2.45, 2.75) is 36.4 Å². The molecule has 7 nitrogen and oxygen atoms in total. The molecule has 0 spiro atoms. The van der Waals surface area contributed by atoms with Crippen molar-refractivity contribution in [2.75, 3.05) is 27.9 Å². The average Bonchev–Trinajstić information content (AvgIpc) is 3.22. The lowest BCUT2D eigenvalue weighted by Gasteiger charge is -2.29. The number of thioether (sulfide) groups is 1. The normalized spacial score (nSPS) is 20.5. The van der Waals surface area contributed by atoms with Crippen LogP contribution in [0.15, 0.2) is 36.4 Å². The number of carbonyl (C=O) groups excluding carboxylic acids is 2. The fourth-order valence-corrected chi connectivity index (χ4v) is 6.05. The van der Waals surface area contributed by atoms with Crippen LogP contribution in [-0.4, -0.2) is 55.4 Å². The Morgan fingerprint density at radius 3 is 2.41 bits per heavy atom. The van der Waals surface area contributed by atoms with Gasteiger partial charge < -0.3 is 24.4 Å². The van der Waals surface area contributed by atoms with E-state index in [0.717, 1.165) is 16.9 Å². The van der Waals surface area contributed by atoms with Crippen molar-refractivity contribution in [3.05, 3.63) is 53.1 Å². The Morgan fingerprint density at radius 2 is 1.78 bits per heavy atom. The zero-order valence-electron chi connectivity index (χ0n) is 18.9. The van der Waals surface area contributed by atoms with E-state index in [1.165, 1.54) is 7.11 Å². The largest absolute Gasteiger partial charge is 0.497 e. The summed E-state index contributed by atoms with van der Waals surface area (Å²) in [5, 5.41) is 2.80. The maximum absolute atomic E-state index is 13.5. The van der Waals surface area contributed by atoms with Crippen LogP contribution >= 0.6 is 11.8 Å². The minimum absolute atomic E-state index is 0.148. The van der Waals surface area contributed by atoms with Crippen LogP contribution in [0.2, 0.25) is 0 Å². The third-order valence-electron chi connectivity index (χ3n) is 6.02. The van der Waals surface area contributed by atoms with Crippen LogP contribution in [0.25, 0.3) is 0 Å². The number of ether oxygens (including phenoxy) is 3. The average molecular weight is 457 g/mol. The van der Waals surface area contributed by atoms with Crippen molar-refractivity contribution >= 4 is 23.6 Å². The highest BCUT2D eigenvalue weighted by Gasteiger charge is 2.58. The molecule has 2 aliphatic rings. The summed E-state index contributed by atoms with van der Waals surface area (Å²) >= 11 is 1.62. The maximum Gasteiger partial charge on any atom is 0.260 e. The van der Waals surface area contributed by atoms with Gasteiger partial charge in [-0.2, -0.15) is 0 Å². The number of amides is 2. The van der Waals surface area contributed by atoms with Crippen molar-refractivity contribution in [1.82, 2.24) is 10.2 Å². The number of hydrogen-bond donors (Lipinski definition) is 1. The van der Waals surface area contributed by atoms with Gasteiger partial charge in [0.15, 0.2) is 11.5 Å². The molecule has 170 valence electrons. The van der Waals surface area contributed by atoms with Crippen LogP contribution in [0.3, 0.4) is 0 Å². The zero-order valence-corrected chi connectivity index (χ0v) is 19.7. The number of benzene rings is 2. The molecule has 2 atom stereocenters. The lowest BCUT2D eigenvalue weighted by atomic mass is 10.0. The number of nitrogens with one attached hydrogen (secondary N) is 1. The summed E-state index contributed by atoms with van der Waals surface area (Å²) in [5.74, 6) is 1.37. The molecule has 0 aliphatic carbocycles. The number of rotatable bonds is 7. The first-order valence-corrected chi connectivity index (χ1v) is 11.4. The number of nitrogens with zero attached hydrogens (tertiary/aromatic N) is 1. The first-order chi connectivity index (χ1) is 15.3. The van der Waals surface area contributed by atoms with Crippen LogP contribution in [0, 0.1) is 0 Å². The molecular weight excluding hydrogens is 428 g/mol. The van der Waals surface area contributed by atoms with E-state index >= 15 is 0 Å². The second kappa shape index (κ2) is 8.58. The fraction of sp³-hybridized carbons (Fsp3) is 0.417. The Labute approximate surface area is 192 Å². The summed E-state index contributed by atoms with van der Waals surface area (Å²) in [6, 6.07) is 10.9. The van der Waals surface area contributed by atoms with E-state index in [9.17, 15) is 9.59 Å². The number of methoxy groups -OCH3 is 3. The second-order valence-electron chi connectivity index (χ2n) is 8.34. The summed E-state index contributed by atoms with van der Waals surface area (Å²) in [7, 11) is 4.70. The van der Waals surface area contributed by atoms with Gasteiger partial charge in [-0.3, -0.25) is 9.59 Å². The van der Waals surface area contributed by atoms with Crippen molar-refractivity contribution < 1.29 is 23.8 Å². The summed E-state index contributed by atoms with van der Waals surface area (Å²) in [6.45, 7) is 4.51. The minimum Gasteiger partial charge on any atom is -0.497 e. The van der Waals surface area contributed by atoms with Gasteiger partial charge in [0, 0.05) is 16.9 Å². The molecule has 1 saturated heterocycles. The van der Waals surface area contributed by atoms with Crippen LogP contribution in [0.1, 0.15) is 40.7 Å². The molecule has 1 N–H and O–H groups in total. The van der Waals surface area contributed by atoms with Crippen LogP contribution in [-0.2, 0) is 11.2 Å². The van der Waals surface area contributed by atoms with Crippen molar-refractivity contribution in [1.29, 1.82) is 0 Å². The van der Waals surface area contributed by atoms with Crippen LogP contribution in [0.4, 0.5) is 0 Å². The third-order valence-corrected chi connectivity index (χ3v) is 7.55. The lowest BCUT2D eigenvalue weighted by molar-refractivity contribution is -0.126. The third kappa shape index (κ3) is 3.66. The molecule has 2 aliphatic heterocycles. The maximum atomic E-state index is 13.5. The van der Waals surface area contributed by atoms with Gasteiger partial charge in [-0.05, 0) is 44.0 Å². The smallest absolute Gasteiger partial charge is 0.260 e. The van der Waals surface area contributed by atoms with E-state index in [1.807, 2.05) is 50.2 Å². The summed E-state index contributed by atoms with van der Waals surface area (Å²) in [4.78, 5) is 28.4. The van der Waals surface area contributed by atoms with Gasteiger partial charge in [0.25, 0.3) is 5.91 Å². The number of hydrogen-bond acceptors (Lipinski definition) is 6. The SMILES string of the molecule is COc1ccc(CCNC(=O)[C@H]2N3C(=O)c4c(ccc(OC)c4OC)[C@@H]3SC2(C)C)cc1. The highest BCUT2D eigenvalue weighted by molar-refractivity contribution is 8.01.